The largest absolute Gasteiger partial charge is 0.497 e. The number of furan rings is 1. The van der Waals surface area contributed by atoms with Gasteiger partial charge >= 0.3 is 0 Å². The molecule has 0 aliphatic carbocycles. The molecule has 2 amide bonds. The first-order valence-electron chi connectivity index (χ1n) is 8.72. The summed E-state index contributed by atoms with van der Waals surface area (Å²) in [6, 6.07) is 17.6. The number of amides is 2. The van der Waals surface area contributed by atoms with Gasteiger partial charge in [-0.15, -0.1) is 0 Å². The van der Waals surface area contributed by atoms with Crippen LogP contribution in [0.15, 0.2) is 71.3 Å². The van der Waals surface area contributed by atoms with Gasteiger partial charge in [-0.05, 0) is 54.6 Å². The van der Waals surface area contributed by atoms with Gasteiger partial charge in [-0.3, -0.25) is 9.59 Å². The Morgan fingerprint density at radius 2 is 1.82 bits per heavy atom. The van der Waals surface area contributed by atoms with E-state index in [1.54, 1.807) is 49.8 Å². The van der Waals surface area contributed by atoms with Crippen molar-refractivity contribution in [2.45, 2.75) is 6.54 Å². The smallest absolute Gasteiger partial charge is 0.251 e. The van der Waals surface area contributed by atoms with Gasteiger partial charge in [-0.25, -0.2) is 0 Å². The number of hydrogen-bond donors (Lipinski definition) is 3. The predicted octanol–water partition coefficient (Wildman–Crippen LogP) is 3.27. The SMILES string of the molecule is COc1ccc(NCC(=O)Nc2cccc(C(=O)NCc3ccco3)c2)cc1. The van der Waals surface area contributed by atoms with Crippen molar-refractivity contribution in [3.63, 3.8) is 0 Å². The van der Waals surface area contributed by atoms with E-state index in [1.807, 2.05) is 24.3 Å². The second kappa shape index (κ2) is 9.27. The summed E-state index contributed by atoms with van der Waals surface area (Å²) in [6.07, 6.45) is 1.55. The van der Waals surface area contributed by atoms with Crippen molar-refractivity contribution in [1.82, 2.24) is 5.32 Å². The summed E-state index contributed by atoms with van der Waals surface area (Å²) in [7, 11) is 1.60. The number of rotatable bonds is 8. The van der Waals surface area contributed by atoms with Crippen LogP contribution in [0.2, 0.25) is 0 Å². The van der Waals surface area contributed by atoms with Crippen molar-refractivity contribution in [2.75, 3.05) is 24.3 Å². The van der Waals surface area contributed by atoms with Crippen molar-refractivity contribution in [2.24, 2.45) is 0 Å². The molecule has 28 heavy (non-hydrogen) atoms. The van der Waals surface area contributed by atoms with E-state index in [1.165, 1.54) is 0 Å². The second-order valence-electron chi connectivity index (χ2n) is 5.97. The molecule has 0 spiro atoms. The summed E-state index contributed by atoms with van der Waals surface area (Å²) >= 11 is 0. The minimum Gasteiger partial charge on any atom is -0.497 e. The van der Waals surface area contributed by atoms with Crippen LogP contribution in [0, 0.1) is 0 Å². The van der Waals surface area contributed by atoms with Gasteiger partial charge in [-0.1, -0.05) is 6.07 Å². The molecule has 0 atom stereocenters. The highest BCUT2D eigenvalue weighted by atomic mass is 16.5. The Kier molecular flexibility index (Phi) is 6.30. The van der Waals surface area contributed by atoms with E-state index in [-0.39, 0.29) is 18.4 Å². The monoisotopic (exact) mass is 379 g/mol. The molecule has 0 aliphatic rings. The fraction of sp³-hybridized carbons (Fsp3) is 0.143. The lowest BCUT2D eigenvalue weighted by Gasteiger charge is -2.10. The molecule has 1 heterocycles. The van der Waals surface area contributed by atoms with Crippen LogP contribution in [0.25, 0.3) is 0 Å². The number of carbonyl (C=O) groups is 2. The summed E-state index contributed by atoms with van der Waals surface area (Å²) in [6.45, 7) is 0.398. The van der Waals surface area contributed by atoms with Gasteiger partial charge in [0.2, 0.25) is 5.91 Å². The lowest BCUT2D eigenvalue weighted by molar-refractivity contribution is -0.114. The van der Waals surface area contributed by atoms with Crippen LogP contribution in [0.3, 0.4) is 0 Å². The van der Waals surface area contributed by atoms with Gasteiger partial charge in [0.1, 0.15) is 11.5 Å². The topological polar surface area (TPSA) is 92.6 Å². The van der Waals surface area contributed by atoms with Crippen molar-refractivity contribution in [3.05, 3.63) is 78.3 Å². The van der Waals surface area contributed by atoms with Crippen LogP contribution < -0.4 is 20.7 Å². The third kappa shape index (κ3) is 5.38. The molecule has 3 rings (SSSR count). The third-order valence-corrected chi connectivity index (χ3v) is 3.95. The fourth-order valence-corrected chi connectivity index (χ4v) is 2.52. The van der Waals surface area contributed by atoms with Gasteiger partial charge in [0.15, 0.2) is 0 Å². The van der Waals surface area contributed by atoms with Crippen LogP contribution in [-0.4, -0.2) is 25.5 Å². The molecule has 2 aromatic carbocycles. The molecular formula is C21H21N3O4. The van der Waals surface area contributed by atoms with E-state index >= 15 is 0 Å². The number of carbonyl (C=O) groups excluding carboxylic acids is 2. The summed E-state index contributed by atoms with van der Waals surface area (Å²) in [5.74, 6) is 0.951. The van der Waals surface area contributed by atoms with Crippen molar-refractivity contribution < 1.29 is 18.7 Å². The minimum atomic E-state index is -0.246. The maximum absolute atomic E-state index is 12.3. The summed E-state index contributed by atoms with van der Waals surface area (Å²) in [4.78, 5) is 24.4. The molecule has 0 saturated heterocycles. The van der Waals surface area contributed by atoms with Gasteiger partial charge in [0.25, 0.3) is 5.91 Å². The molecule has 1 aromatic heterocycles. The van der Waals surface area contributed by atoms with Gasteiger partial charge in [-0.2, -0.15) is 0 Å². The van der Waals surface area contributed by atoms with E-state index < -0.39 is 0 Å². The van der Waals surface area contributed by atoms with Crippen molar-refractivity contribution >= 4 is 23.2 Å². The second-order valence-corrected chi connectivity index (χ2v) is 5.97. The van der Waals surface area contributed by atoms with Gasteiger partial charge < -0.3 is 25.1 Å². The van der Waals surface area contributed by atoms with Crippen molar-refractivity contribution in [1.29, 1.82) is 0 Å². The fourth-order valence-electron chi connectivity index (χ4n) is 2.52. The molecule has 7 nitrogen and oxygen atoms in total. The average Bonchev–Trinajstić information content (AvgIpc) is 3.25. The van der Waals surface area contributed by atoms with E-state index in [0.717, 1.165) is 11.4 Å². The molecule has 3 N–H and O–H groups in total. The first-order chi connectivity index (χ1) is 13.6. The highest BCUT2D eigenvalue weighted by Gasteiger charge is 2.09. The Morgan fingerprint density at radius 3 is 2.54 bits per heavy atom. The zero-order chi connectivity index (χ0) is 19.8. The standard InChI is InChI=1S/C21H21N3O4/c1-27-18-9-7-16(8-10-18)22-14-20(25)24-17-5-2-4-15(12-17)21(26)23-13-19-6-3-11-28-19/h2-12,22H,13-14H2,1H3,(H,23,26)(H,24,25). The lowest BCUT2D eigenvalue weighted by Crippen LogP contribution is -2.24. The zero-order valence-electron chi connectivity index (χ0n) is 15.4. The maximum Gasteiger partial charge on any atom is 0.251 e. The highest BCUT2D eigenvalue weighted by molar-refractivity contribution is 5.98. The van der Waals surface area contributed by atoms with Crippen LogP contribution in [0.5, 0.6) is 5.75 Å². The van der Waals surface area contributed by atoms with Gasteiger partial charge in [0, 0.05) is 16.9 Å². The van der Waals surface area contributed by atoms with Gasteiger partial charge in [0.05, 0.1) is 26.5 Å². The number of benzene rings is 2. The number of hydrogen-bond acceptors (Lipinski definition) is 5. The molecule has 0 radical (unpaired) electrons. The molecule has 0 saturated carbocycles. The van der Waals surface area contributed by atoms with Crippen LogP contribution in [0.4, 0.5) is 11.4 Å². The first-order valence-corrected chi connectivity index (χ1v) is 8.72. The Labute approximate surface area is 162 Å². The maximum atomic E-state index is 12.3. The number of anilines is 2. The van der Waals surface area contributed by atoms with E-state index in [2.05, 4.69) is 16.0 Å². The van der Waals surface area contributed by atoms with Crippen molar-refractivity contribution in [3.8, 4) is 5.75 Å². The van der Waals surface area contributed by atoms with Crippen LogP contribution >= 0.6 is 0 Å². The quantitative estimate of drug-likeness (QED) is 0.559. The molecule has 3 aromatic rings. The van der Waals surface area contributed by atoms with E-state index in [9.17, 15) is 9.59 Å². The lowest BCUT2D eigenvalue weighted by atomic mass is 10.2. The number of nitrogens with one attached hydrogen (secondary N) is 3. The predicted molar refractivity (Wildman–Crippen MR) is 106 cm³/mol. The molecule has 0 fully saturated rings. The van der Waals surface area contributed by atoms with E-state index in [4.69, 9.17) is 9.15 Å². The zero-order valence-corrected chi connectivity index (χ0v) is 15.4. The summed E-state index contributed by atoms with van der Waals surface area (Å²) in [5.41, 5.74) is 1.81. The molecule has 0 aliphatic heterocycles. The Balaban J connectivity index is 1.51. The molecule has 7 heteroatoms. The molecule has 0 bridgehead atoms. The first kappa shape index (κ1) is 19.0. The number of methoxy groups -OCH3 is 1. The third-order valence-electron chi connectivity index (χ3n) is 3.95. The molecular weight excluding hydrogens is 358 g/mol. The van der Waals surface area contributed by atoms with Crippen LogP contribution in [0.1, 0.15) is 16.1 Å². The Bertz CT molecular complexity index is 921. The highest BCUT2D eigenvalue weighted by Crippen LogP contribution is 2.15. The normalized spacial score (nSPS) is 10.2. The van der Waals surface area contributed by atoms with E-state index in [0.29, 0.717) is 23.6 Å². The van der Waals surface area contributed by atoms with Crippen LogP contribution in [-0.2, 0) is 11.3 Å². The Morgan fingerprint density at radius 1 is 1.00 bits per heavy atom. The average molecular weight is 379 g/mol. The summed E-state index contributed by atoms with van der Waals surface area (Å²) < 4.78 is 10.3. The Hall–Kier alpha value is -3.74. The minimum absolute atomic E-state index is 0.0985. The number of ether oxygens (including phenoxy) is 1. The molecule has 144 valence electrons. The molecule has 0 unspecified atom stereocenters. The summed E-state index contributed by atoms with van der Waals surface area (Å²) in [5, 5.41) is 8.58.